The summed E-state index contributed by atoms with van der Waals surface area (Å²) in [7, 11) is 0. The molecule has 1 aromatic carbocycles. The first-order valence-corrected chi connectivity index (χ1v) is 9.21. The predicted molar refractivity (Wildman–Crippen MR) is 101 cm³/mol. The SMILES string of the molecule is c1cc(CNCCN2CCCCC2)cc(-c2nc3ccncc3[nH]2)c1. The summed E-state index contributed by atoms with van der Waals surface area (Å²) < 4.78 is 0. The van der Waals surface area contributed by atoms with E-state index in [1.54, 1.807) is 6.20 Å². The number of rotatable bonds is 6. The Balaban J connectivity index is 1.36. The summed E-state index contributed by atoms with van der Waals surface area (Å²) in [5.74, 6) is 0.901. The van der Waals surface area contributed by atoms with Gasteiger partial charge in [-0.05, 0) is 43.6 Å². The quantitative estimate of drug-likeness (QED) is 0.679. The monoisotopic (exact) mass is 335 g/mol. The van der Waals surface area contributed by atoms with Crippen LogP contribution in [0.1, 0.15) is 24.8 Å². The third-order valence-corrected chi connectivity index (χ3v) is 4.87. The fourth-order valence-electron chi connectivity index (χ4n) is 3.48. The zero-order valence-electron chi connectivity index (χ0n) is 14.5. The van der Waals surface area contributed by atoms with Crippen LogP contribution in [0.4, 0.5) is 0 Å². The molecule has 0 bridgehead atoms. The minimum absolute atomic E-state index is 0.892. The van der Waals surface area contributed by atoms with Gasteiger partial charge in [0.05, 0.1) is 17.2 Å². The van der Waals surface area contributed by atoms with Crippen LogP contribution in [0.2, 0.25) is 0 Å². The molecule has 2 N–H and O–H groups in total. The average Bonchev–Trinajstić information content (AvgIpc) is 3.11. The number of piperidine rings is 1. The van der Waals surface area contributed by atoms with Gasteiger partial charge < -0.3 is 15.2 Å². The van der Waals surface area contributed by atoms with Crippen molar-refractivity contribution >= 4 is 11.0 Å². The number of imidazole rings is 1. The van der Waals surface area contributed by atoms with E-state index in [1.165, 1.54) is 37.9 Å². The van der Waals surface area contributed by atoms with Crippen molar-refractivity contribution in [2.75, 3.05) is 26.2 Å². The molecular weight excluding hydrogens is 310 g/mol. The fourth-order valence-corrected chi connectivity index (χ4v) is 3.48. The number of aromatic amines is 1. The number of benzene rings is 1. The van der Waals surface area contributed by atoms with Gasteiger partial charge in [-0.15, -0.1) is 0 Å². The second-order valence-corrected chi connectivity index (χ2v) is 6.76. The summed E-state index contributed by atoms with van der Waals surface area (Å²) in [5.41, 5.74) is 4.33. The van der Waals surface area contributed by atoms with Crippen LogP contribution in [0.15, 0.2) is 42.7 Å². The number of hydrogen-bond acceptors (Lipinski definition) is 4. The van der Waals surface area contributed by atoms with Crippen molar-refractivity contribution in [2.24, 2.45) is 0 Å². The summed E-state index contributed by atoms with van der Waals surface area (Å²) in [6, 6.07) is 10.5. The van der Waals surface area contributed by atoms with E-state index in [-0.39, 0.29) is 0 Å². The highest BCUT2D eigenvalue weighted by Gasteiger charge is 2.09. The molecule has 2 aromatic heterocycles. The van der Waals surface area contributed by atoms with Gasteiger partial charge in [0, 0.05) is 31.4 Å². The van der Waals surface area contributed by atoms with Gasteiger partial charge in [0.15, 0.2) is 0 Å². The average molecular weight is 335 g/mol. The van der Waals surface area contributed by atoms with Crippen molar-refractivity contribution in [1.82, 2.24) is 25.2 Å². The van der Waals surface area contributed by atoms with Gasteiger partial charge >= 0.3 is 0 Å². The summed E-state index contributed by atoms with van der Waals surface area (Å²) in [6.07, 6.45) is 7.70. The van der Waals surface area contributed by atoms with Crippen molar-refractivity contribution in [2.45, 2.75) is 25.8 Å². The molecule has 0 radical (unpaired) electrons. The molecule has 4 rings (SSSR count). The van der Waals surface area contributed by atoms with Gasteiger partial charge in [-0.3, -0.25) is 4.98 Å². The second kappa shape index (κ2) is 7.76. The van der Waals surface area contributed by atoms with E-state index >= 15 is 0 Å². The Kier molecular flexibility index (Phi) is 5.04. The molecule has 130 valence electrons. The van der Waals surface area contributed by atoms with Crippen molar-refractivity contribution in [3.63, 3.8) is 0 Å². The highest BCUT2D eigenvalue weighted by molar-refractivity contribution is 5.78. The van der Waals surface area contributed by atoms with Gasteiger partial charge in [0.1, 0.15) is 5.82 Å². The van der Waals surface area contributed by atoms with E-state index in [4.69, 9.17) is 0 Å². The Bertz CT molecular complexity index is 787. The smallest absolute Gasteiger partial charge is 0.138 e. The predicted octanol–water partition coefficient (Wildman–Crippen LogP) is 3.20. The van der Waals surface area contributed by atoms with E-state index in [2.05, 4.69) is 49.4 Å². The van der Waals surface area contributed by atoms with Crippen LogP contribution in [-0.2, 0) is 6.54 Å². The van der Waals surface area contributed by atoms with E-state index in [1.807, 2.05) is 12.3 Å². The molecule has 25 heavy (non-hydrogen) atoms. The van der Waals surface area contributed by atoms with E-state index < -0.39 is 0 Å². The number of hydrogen-bond donors (Lipinski definition) is 2. The second-order valence-electron chi connectivity index (χ2n) is 6.76. The molecule has 5 heteroatoms. The Hall–Kier alpha value is -2.24. The fraction of sp³-hybridized carbons (Fsp3) is 0.400. The number of fused-ring (bicyclic) bond motifs is 1. The Morgan fingerprint density at radius 2 is 2.04 bits per heavy atom. The topological polar surface area (TPSA) is 56.8 Å². The number of likely N-dealkylation sites (tertiary alicyclic amines) is 1. The maximum Gasteiger partial charge on any atom is 0.138 e. The normalized spacial score (nSPS) is 15.7. The van der Waals surface area contributed by atoms with E-state index in [0.29, 0.717) is 0 Å². The largest absolute Gasteiger partial charge is 0.337 e. The van der Waals surface area contributed by atoms with E-state index in [9.17, 15) is 0 Å². The first-order chi connectivity index (χ1) is 12.4. The summed E-state index contributed by atoms with van der Waals surface area (Å²) in [4.78, 5) is 14.7. The van der Waals surface area contributed by atoms with Crippen LogP contribution in [0.25, 0.3) is 22.4 Å². The maximum absolute atomic E-state index is 4.66. The molecule has 3 aromatic rings. The van der Waals surface area contributed by atoms with Gasteiger partial charge in [-0.2, -0.15) is 0 Å². The Morgan fingerprint density at radius 1 is 1.12 bits per heavy atom. The van der Waals surface area contributed by atoms with Crippen molar-refractivity contribution in [3.05, 3.63) is 48.3 Å². The van der Waals surface area contributed by atoms with Gasteiger partial charge in [0.25, 0.3) is 0 Å². The summed E-state index contributed by atoms with van der Waals surface area (Å²) in [5, 5.41) is 3.57. The maximum atomic E-state index is 4.66. The molecule has 0 aliphatic carbocycles. The number of nitrogens with zero attached hydrogens (tertiary/aromatic N) is 3. The van der Waals surface area contributed by atoms with E-state index in [0.717, 1.165) is 42.1 Å². The molecule has 0 unspecified atom stereocenters. The van der Waals surface area contributed by atoms with Crippen LogP contribution < -0.4 is 5.32 Å². The molecule has 3 heterocycles. The molecule has 0 saturated carbocycles. The van der Waals surface area contributed by atoms with Crippen LogP contribution in [0, 0.1) is 0 Å². The molecule has 5 nitrogen and oxygen atoms in total. The Labute approximate surface area is 148 Å². The zero-order valence-corrected chi connectivity index (χ0v) is 14.5. The number of pyridine rings is 1. The van der Waals surface area contributed by atoms with Gasteiger partial charge in [-0.1, -0.05) is 24.6 Å². The molecule has 1 aliphatic rings. The lowest BCUT2D eigenvalue weighted by Gasteiger charge is -2.26. The minimum Gasteiger partial charge on any atom is -0.337 e. The highest BCUT2D eigenvalue weighted by Crippen LogP contribution is 2.20. The molecule has 1 aliphatic heterocycles. The van der Waals surface area contributed by atoms with Crippen LogP contribution in [0.3, 0.4) is 0 Å². The lowest BCUT2D eigenvalue weighted by Crippen LogP contribution is -2.35. The summed E-state index contributed by atoms with van der Waals surface area (Å²) in [6.45, 7) is 5.61. The lowest BCUT2D eigenvalue weighted by atomic mass is 10.1. The van der Waals surface area contributed by atoms with Gasteiger partial charge in [-0.25, -0.2) is 4.98 Å². The minimum atomic E-state index is 0.892. The van der Waals surface area contributed by atoms with Crippen molar-refractivity contribution in [1.29, 1.82) is 0 Å². The van der Waals surface area contributed by atoms with Crippen LogP contribution in [0.5, 0.6) is 0 Å². The number of H-pyrrole nitrogens is 1. The lowest BCUT2D eigenvalue weighted by molar-refractivity contribution is 0.229. The Morgan fingerprint density at radius 3 is 2.92 bits per heavy atom. The molecule has 0 amide bonds. The van der Waals surface area contributed by atoms with Crippen molar-refractivity contribution in [3.8, 4) is 11.4 Å². The third kappa shape index (κ3) is 4.06. The standard InChI is InChI=1S/C20H25N5/c1-2-10-25(11-3-1)12-9-22-14-16-5-4-6-17(13-16)20-23-18-7-8-21-15-19(18)24-20/h4-8,13,15,22H,1-3,9-12,14H2,(H,23,24). The number of nitrogens with one attached hydrogen (secondary N) is 2. The van der Waals surface area contributed by atoms with Gasteiger partial charge in [0.2, 0.25) is 0 Å². The van der Waals surface area contributed by atoms with Crippen LogP contribution >= 0.6 is 0 Å². The molecule has 1 fully saturated rings. The summed E-state index contributed by atoms with van der Waals surface area (Å²) >= 11 is 0. The highest BCUT2D eigenvalue weighted by atomic mass is 15.1. The molecular formula is C20H25N5. The van der Waals surface area contributed by atoms with Crippen LogP contribution in [-0.4, -0.2) is 46.0 Å². The first-order valence-electron chi connectivity index (χ1n) is 9.21. The number of aromatic nitrogens is 3. The first kappa shape index (κ1) is 16.2. The molecule has 1 saturated heterocycles. The zero-order chi connectivity index (χ0) is 16.9. The third-order valence-electron chi connectivity index (χ3n) is 4.87. The van der Waals surface area contributed by atoms with Crippen molar-refractivity contribution < 1.29 is 0 Å². The molecule has 0 atom stereocenters. The molecule has 0 spiro atoms.